The van der Waals surface area contributed by atoms with Gasteiger partial charge in [0.25, 0.3) is 0 Å². The monoisotopic (exact) mass is 240 g/mol. The van der Waals surface area contributed by atoms with Crippen molar-refractivity contribution in [3.63, 3.8) is 0 Å². The summed E-state index contributed by atoms with van der Waals surface area (Å²) in [5.41, 5.74) is 0. The molecular formula is C11H20N4O2. The van der Waals surface area contributed by atoms with Crippen LogP contribution in [-0.4, -0.2) is 40.4 Å². The van der Waals surface area contributed by atoms with Gasteiger partial charge >= 0.3 is 6.03 Å². The van der Waals surface area contributed by atoms with E-state index in [-0.39, 0.29) is 19.2 Å². The van der Waals surface area contributed by atoms with Crippen LogP contribution in [0.3, 0.4) is 0 Å². The van der Waals surface area contributed by atoms with Crippen molar-refractivity contribution in [1.29, 1.82) is 0 Å². The third kappa shape index (κ3) is 4.86. The predicted molar refractivity (Wildman–Crippen MR) is 64.6 cm³/mol. The van der Waals surface area contributed by atoms with Gasteiger partial charge in [0.05, 0.1) is 6.61 Å². The lowest BCUT2D eigenvalue weighted by molar-refractivity contribution is 0.232. The number of aryl methyl sites for hydroxylation is 1. The van der Waals surface area contributed by atoms with E-state index in [0.717, 1.165) is 12.4 Å². The summed E-state index contributed by atoms with van der Waals surface area (Å²) in [6.07, 6.45) is 3.70. The van der Waals surface area contributed by atoms with Crippen molar-refractivity contribution in [3.05, 3.63) is 18.2 Å². The molecule has 0 bridgehead atoms. The van der Waals surface area contributed by atoms with Crippen LogP contribution in [0.5, 0.6) is 0 Å². The van der Waals surface area contributed by atoms with Crippen LogP contribution in [0.4, 0.5) is 4.79 Å². The highest BCUT2D eigenvalue weighted by Gasteiger charge is 2.06. The molecule has 1 aromatic heterocycles. The van der Waals surface area contributed by atoms with Crippen molar-refractivity contribution in [2.24, 2.45) is 5.92 Å². The summed E-state index contributed by atoms with van der Waals surface area (Å²) < 4.78 is 2.05. The van der Waals surface area contributed by atoms with Gasteiger partial charge in [0.15, 0.2) is 0 Å². The van der Waals surface area contributed by atoms with Crippen molar-refractivity contribution in [3.8, 4) is 0 Å². The Morgan fingerprint density at radius 2 is 2.35 bits per heavy atom. The number of rotatable bonds is 6. The minimum Gasteiger partial charge on any atom is -0.395 e. The highest BCUT2D eigenvalue weighted by molar-refractivity contribution is 5.73. The molecule has 0 aliphatic carbocycles. The smallest absolute Gasteiger partial charge is 0.314 e. The first-order valence-corrected chi connectivity index (χ1v) is 5.73. The molecule has 0 radical (unpaired) electrons. The third-order valence-corrected chi connectivity index (χ3v) is 2.44. The molecule has 6 heteroatoms. The summed E-state index contributed by atoms with van der Waals surface area (Å²) >= 11 is 0. The Hall–Kier alpha value is -1.56. The van der Waals surface area contributed by atoms with Crippen molar-refractivity contribution in [2.45, 2.75) is 20.4 Å². The maximum Gasteiger partial charge on any atom is 0.314 e. The van der Waals surface area contributed by atoms with Gasteiger partial charge in [0.1, 0.15) is 5.82 Å². The van der Waals surface area contributed by atoms with Gasteiger partial charge in [0.2, 0.25) is 0 Å². The summed E-state index contributed by atoms with van der Waals surface area (Å²) in [7, 11) is 0. The van der Waals surface area contributed by atoms with Crippen LogP contribution in [0.1, 0.15) is 12.7 Å². The van der Waals surface area contributed by atoms with Gasteiger partial charge in [-0.25, -0.2) is 9.78 Å². The minimum atomic E-state index is -0.242. The zero-order valence-electron chi connectivity index (χ0n) is 10.3. The Labute approximate surface area is 101 Å². The molecule has 0 saturated heterocycles. The molecule has 0 aliphatic heterocycles. The van der Waals surface area contributed by atoms with E-state index in [9.17, 15) is 4.79 Å². The van der Waals surface area contributed by atoms with Gasteiger partial charge < -0.3 is 20.3 Å². The number of hydrogen-bond donors (Lipinski definition) is 3. The fourth-order valence-electron chi connectivity index (χ4n) is 1.50. The van der Waals surface area contributed by atoms with Gasteiger partial charge in [-0.3, -0.25) is 0 Å². The summed E-state index contributed by atoms with van der Waals surface area (Å²) in [6, 6.07) is -0.242. The molecule has 1 rings (SSSR count). The van der Waals surface area contributed by atoms with Gasteiger partial charge in [0, 0.05) is 32.0 Å². The molecule has 0 saturated carbocycles. The molecule has 6 nitrogen and oxygen atoms in total. The quantitative estimate of drug-likeness (QED) is 0.660. The van der Waals surface area contributed by atoms with Gasteiger partial charge in [-0.1, -0.05) is 6.92 Å². The van der Waals surface area contributed by atoms with Gasteiger partial charge in [-0.05, 0) is 12.8 Å². The number of carbonyl (C=O) groups excluding carboxylic acids is 1. The average Bonchev–Trinajstić information content (AvgIpc) is 2.69. The SMILES string of the molecule is Cc1nccn1CC(C)CNC(=O)NCCO. The molecule has 1 heterocycles. The Kier molecular flexibility index (Phi) is 5.48. The Morgan fingerprint density at radius 1 is 1.59 bits per heavy atom. The van der Waals surface area contributed by atoms with E-state index in [2.05, 4.69) is 27.1 Å². The molecule has 2 amide bonds. The maximum atomic E-state index is 11.2. The van der Waals surface area contributed by atoms with E-state index < -0.39 is 0 Å². The minimum absolute atomic E-state index is 0.0444. The molecule has 1 unspecified atom stereocenters. The number of amides is 2. The first-order valence-electron chi connectivity index (χ1n) is 5.73. The fourth-order valence-corrected chi connectivity index (χ4v) is 1.50. The molecule has 0 fully saturated rings. The number of carbonyl (C=O) groups is 1. The Morgan fingerprint density at radius 3 is 2.94 bits per heavy atom. The predicted octanol–water partition coefficient (Wildman–Crippen LogP) is 0.119. The number of hydrogen-bond acceptors (Lipinski definition) is 3. The van der Waals surface area contributed by atoms with E-state index in [1.165, 1.54) is 0 Å². The first-order chi connectivity index (χ1) is 8.13. The molecule has 0 spiro atoms. The molecule has 0 aromatic carbocycles. The van der Waals surface area contributed by atoms with E-state index in [1.54, 1.807) is 6.20 Å². The molecule has 0 aliphatic rings. The van der Waals surface area contributed by atoms with Crippen LogP contribution in [0, 0.1) is 12.8 Å². The van der Waals surface area contributed by atoms with E-state index in [1.807, 2.05) is 13.1 Å². The zero-order chi connectivity index (χ0) is 12.7. The van der Waals surface area contributed by atoms with Crippen molar-refractivity contribution >= 4 is 6.03 Å². The summed E-state index contributed by atoms with van der Waals surface area (Å²) in [4.78, 5) is 15.4. The van der Waals surface area contributed by atoms with Gasteiger partial charge in [-0.15, -0.1) is 0 Å². The third-order valence-electron chi connectivity index (χ3n) is 2.44. The highest BCUT2D eigenvalue weighted by Crippen LogP contribution is 2.02. The second-order valence-electron chi connectivity index (χ2n) is 4.09. The molecule has 1 aromatic rings. The molecule has 1 atom stereocenters. The lowest BCUT2D eigenvalue weighted by atomic mass is 10.2. The number of aromatic nitrogens is 2. The van der Waals surface area contributed by atoms with Crippen LogP contribution in [0.2, 0.25) is 0 Å². The zero-order valence-corrected chi connectivity index (χ0v) is 10.3. The largest absolute Gasteiger partial charge is 0.395 e. The van der Waals surface area contributed by atoms with Crippen LogP contribution >= 0.6 is 0 Å². The van der Waals surface area contributed by atoms with E-state index >= 15 is 0 Å². The summed E-state index contributed by atoms with van der Waals surface area (Å²) in [6.45, 7) is 5.67. The number of nitrogens with zero attached hydrogens (tertiary/aromatic N) is 2. The fraction of sp³-hybridized carbons (Fsp3) is 0.636. The number of urea groups is 1. The summed E-state index contributed by atoms with van der Waals surface area (Å²) in [5, 5.41) is 13.8. The summed E-state index contributed by atoms with van der Waals surface area (Å²) in [5.74, 6) is 1.30. The number of nitrogens with one attached hydrogen (secondary N) is 2. The Bertz CT molecular complexity index is 351. The average molecular weight is 240 g/mol. The van der Waals surface area contributed by atoms with E-state index in [4.69, 9.17) is 5.11 Å². The van der Waals surface area contributed by atoms with Crippen LogP contribution in [0.25, 0.3) is 0 Å². The normalized spacial score (nSPS) is 12.2. The second-order valence-corrected chi connectivity index (χ2v) is 4.09. The van der Waals surface area contributed by atoms with Crippen LogP contribution in [-0.2, 0) is 6.54 Å². The van der Waals surface area contributed by atoms with Crippen LogP contribution in [0.15, 0.2) is 12.4 Å². The standard InChI is InChI=1S/C11H20N4O2/c1-9(7-14-11(17)13-4-6-16)8-15-5-3-12-10(15)2/h3,5,9,16H,4,6-8H2,1-2H3,(H2,13,14,17). The van der Waals surface area contributed by atoms with Gasteiger partial charge in [-0.2, -0.15) is 0 Å². The number of aliphatic hydroxyl groups is 1. The molecule has 3 N–H and O–H groups in total. The topological polar surface area (TPSA) is 79.2 Å². The lowest BCUT2D eigenvalue weighted by Gasteiger charge is -2.14. The molecule has 96 valence electrons. The van der Waals surface area contributed by atoms with Crippen molar-refractivity contribution in [1.82, 2.24) is 20.2 Å². The lowest BCUT2D eigenvalue weighted by Crippen LogP contribution is -2.39. The molecule has 17 heavy (non-hydrogen) atoms. The maximum absolute atomic E-state index is 11.2. The Balaban J connectivity index is 2.23. The van der Waals surface area contributed by atoms with E-state index in [0.29, 0.717) is 12.5 Å². The molecular weight excluding hydrogens is 220 g/mol. The van der Waals surface area contributed by atoms with Crippen molar-refractivity contribution in [2.75, 3.05) is 19.7 Å². The van der Waals surface area contributed by atoms with Crippen molar-refractivity contribution < 1.29 is 9.90 Å². The first kappa shape index (κ1) is 13.5. The van der Waals surface area contributed by atoms with Crippen LogP contribution < -0.4 is 10.6 Å². The number of imidazole rings is 1. The highest BCUT2D eigenvalue weighted by atomic mass is 16.3. The second kappa shape index (κ2) is 6.90. The number of aliphatic hydroxyl groups excluding tert-OH is 1.